The molecular formula is C23H29N5O3. The van der Waals surface area contributed by atoms with Crippen LogP contribution in [0.3, 0.4) is 0 Å². The van der Waals surface area contributed by atoms with Crippen molar-refractivity contribution in [2.75, 3.05) is 26.0 Å². The van der Waals surface area contributed by atoms with Gasteiger partial charge in [-0.3, -0.25) is 18.7 Å². The van der Waals surface area contributed by atoms with Crippen molar-refractivity contribution in [2.45, 2.75) is 33.0 Å². The Bertz CT molecular complexity index is 1130. The second-order valence-corrected chi connectivity index (χ2v) is 7.68. The van der Waals surface area contributed by atoms with Gasteiger partial charge in [0.1, 0.15) is 0 Å². The third kappa shape index (κ3) is 5.61. The highest BCUT2D eigenvalue weighted by Gasteiger charge is 2.13. The normalized spacial score (nSPS) is 11.1. The molecule has 0 radical (unpaired) electrons. The molecular weight excluding hydrogens is 394 g/mol. The molecule has 1 heterocycles. The van der Waals surface area contributed by atoms with E-state index < -0.39 is 0 Å². The van der Waals surface area contributed by atoms with Crippen molar-refractivity contribution in [1.29, 1.82) is 0 Å². The smallest absolute Gasteiger partial charge is 0.329 e. The summed E-state index contributed by atoms with van der Waals surface area (Å²) in [7, 11) is 3.67. The van der Waals surface area contributed by atoms with Crippen molar-refractivity contribution >= 4 is 28.5 Å². The Morgan fingerprint density at radius 2 is 1.68 bits per heavy atom. The van der Waals surface area contributed by atoms with Gasteiger partial charge in [-0.1, -0.05) is 24.3 Å². The predicted octanol–water partition coefficient (Wildman–Crippen LogP) is 2.03. The molecule has 0 saturated carbocycles. The van der Waals surface area contributed by atoms with Crippen LogP contribution < -0.4 is 16.3 Å². The first kappa shape index (κ1) is 22.3. The van der Waals surface area contributed by atoms with Crippen LogP contribution in [-0.2, 0) is 29.2 Å². The Morgan fingerprint density at radius 3 is 2.35 bits per heavy atom. The first-order valence-electron chi connectivity index (χ1n) is 10.4. The van der Waals surface area contributed by atoms with E-state index in [1.165, 1.54) is 0 Å². The van der Waals surface area contributed by atoms with Crippen molar-refractivity contribution in [2.24, 2.45) is 0 Å². The maximum atomic E-state index is 12.7. The average Bonchev–Trinajstić information content (AvgIpc) is 3.00. The second-order valence-electron chi connectivity index (χ2n) is 7.68. The lowest BCUT2D eigenvalue weighted by Gasteiger charge is -2.11. The summed E-state index contributed by atoms with van der Waals surface area (Å²) in [4.78, 5) is 38.8. The molecule has 0 aliphatic rings. The Morgan fingerprint density at radius 1 is 0.968 bits per heavy atom. The molecule has 8 heteroatoms. The van der Waals surface area contributed by atoms with Gasteiger partial charge < -0.3 is 15.5 Å². The maximum absolute atomic E-state index is 12.7. The van der Waals surface area contributed by atoms with Crippen molar-refractivity contribution in [3.63, 3.8) is 0 Å². The van der Waals surface area contributed by atoms with E-state index in [9.17, 15) is 14.4 Å². The maximum Gasteiger partial charge on any atom is 0.329 e. The molecule has 0 spiro atoms. The van der Waals surface area contributed by atoms with Crippen molar-refractivity contribution in [1.82, 2.24) is 19.4 Å². The molecule has 2 aromatic carbocycles. The fourth-order valence-corrected chi connectivity index (χ4v) is 3.54. The number of nitrogens with zero attached hydrogens (tertiary/aromatic N) is 3. The van der Waals surface area contributed by atoms with Crippen LogP contribution in [-0.4, -0.2) is 46.5 Å². The van der Waals surface area contributed by atoms with Gasteiger partial charge in [0, 0.05) is 31.7 Å². The van der Waals surface area contributed by atoms with Crippen LogP contribution in [0.1, 0.15) is 18.9 Å². The summed E-state index contributed by atoms with van der Waals surface area (Å²) in [6.45, 7) is 3.48. The number of imidazole rings is 1. The van der Waals surface area contributed by atoms with Gasteiger partial charge in [-0.2, -0.15) is 0 Å². The van der Waals surface area contributed by atoms with Gasteiger partial charge in [0.2, 0.25) is 11.8 Å². The molecule has 0 fully saturated rings. The average molecular weight is 424 g/mol. The van der Waals surface area contributed by atoms with Crippen LogP contribution in [0.4, 0.5) is 5.69 Å². The summed E-state index contributed by atoms with van der Waals surface area (Å²) in [6.07, 6.45) is 0.205. The van der Waals surface area contributed by atoms with E-state index in [0.29, 0.717) is 31.9 Å². The van der Waals surface area contributed by atoms with E-state index in [4.69, 9.17) is 0 Å². The van der Waals surface area contributed by atoms with Crippen LogP contribution in [0.5, 0.6) is 0 Å². The highest BCUT2D eigenvalue weighted by molar-refractivity contribution is 5.92. The van der Waals surface area contributed by atoms with E-state index in [1.54, 1.807) is 14.0 Å². The number of carbonyl (C=O) groups is 2. The quantitative estimate of drug-likeness (QED) is 0.551. The minimum Gasteiger partial charge on any atom is -0.352 e. The Kier molecular flexibility index (Phi) is 7.25. The molecule has 0 saturated heterocycles. The Hall–Kier alpha value is -3.39. The number of hydrogen-bond acceptors (Lipinski definition) is 4. The summed E-state index contributed by atoms with van der Waals surface area (Å²) in [5.41, 5.74) is 3.19. The predicted molar refractivity (Wildman–Crippen MR) is 122 cm³/mol. The zero-order valence-corrected chi connectivity index (χ0v) is 18.2. The second kappa shape index (κ2) is 10.1. The number of anilines is 1. The number of fused-ring (bicyclic) bond motifs is 1. The van der Waals surface area contributed by atoms with Crippen LogP contribution >= 0.6 is 0 Å². The topological polar surface area (TPSA) is 88.4 Å². The van der Waals surface area contributed by atoms with Gasteiger partial charge >= 0.3 is 5.69 Å². The Balaban J connectivity index is 1.58. The molecule has 0 aliphatic carbocycles. The highest BCUT2D eigenvalue weighted by atomic mass is 16.2. The molecule has 8 nitrogen and oxygen atoms in total. The number of hydrogen-bond donors (Lipinski definition) is 2. The number of aromatic nitrogens is 2. The number of para-hydroxylation sites is 2. The number of nitrogens with one attached hydrogen (secondary N) is 2. The zero-order chi connectivity index (χ0) is 22.4. The van der Waals surface area contributed by atoms with Gasteiger partial charge in [0.15, 0.2) is 0 Å². The van der Waals surface area contributed by atoms with Crippen molar-refractivity contribution in [3.05, 3.63) is 64.6 Å². The number of aryl methyl sites for hydroxylation is 2. The third-order valence-corrected chi connectivity index (χ3v) is 4.96. The molecule has 1 aromatic heterocycles. The molecule has 3 rings (SSSR count). The molecule has 2 N–H and O–H groups in total. The fourth-order valence-electron chi connectivity index (χ4n) is 3.54. The Labute approximate surface area is 181 Å². The largest absolute Gasteiger partial charge is 0.352 e. The van der Waals surface area contributed by atoms with E-state index in [-0.39, 0.29) is 23.9 Å². The standard InChI is InChI=1S/C23H29N5O3/c1-4-27-19-10-5-6-11-20(19)28(23(27)31)13-12-21(29)24-15-17-8-7-9-18(14-17)25-22(30)16-26(2)3/h5-11,14H,4,12-13,15-16H2,1-3H3,(H,24,29)(H,25,30). The minimum absolute atomic E-state index is 0.0946. The summed E-state index contributed by atoms with van der Waals surface area (Å²) in [5, 5.41) is 5.73. The van der Waals surface area contributed by atoms with Crippen LogP contribution in [0.2, 0.25) is 0 Å². The molecule has 3 aromatic rings. The molecule has 31 heavy (non-hydrogen) atoms. The van der Waals surface area contributed by atoms with Gasteiger partial charge in [0.05, 0.1) is 17.6 Å². The van der Waals surface area contributed by atoms with E-state index in [0.717, 1.165) is 16.6 Å². The monoisotopic (exact) mass is 423 g/mol. The third-order valence-electron chi connectivity index (χ3n) is 4.96. The number of likely N-dealkylation sites (N-methyl/N-ethyl adjacent to an activating group) is 1. The molecule has 2 amide bonds. The minimum atomic E-state index is -0.137. The van der Waals surface area contributed by atoms with E-state index in [2.05, 4.69) is 10.6 Å². The highest BCUT2D eigenvalue weighted by Crippen LogP contribution is 2.13. The van der Waals surface area contributed by atoms with Gasteiger partial charge in [0.25, 0.3) is 0 Å². The zero-order valence-electron chi connectivity index (χ0n) is 18.2. The van der Waals surface area contributed by atoms with Crippen molar-refractivity contribution < 1.29 is 9.59 Å². The number of amides is 2. The van der Waals surface area contributed by atoms with E-state index in [1.807, 2.05) is 69.6 Å². The lowest BCUT2D eigenvalue weighted by molar-refractivity contribution is -0.121. The summed E-state index contributed by atoms with van der Waals surface area (Å²) in [6, 6.07) is 15.0. The molecule has 0 bridgehead atoms. The first-order valence-corrected chi connectivity index (χ1v) is 10.4. The van der Waals surface area contributed by atoms with Crippen molar-refractivity contribution in [3.8, 4) is 0 Å². The summed E-state index contributed by atoms with van der Waals surface area (Å²) in [5.74, 6) is -0.231. The van der Waals surface area contributed by atoms with Gasteiger partial charge in [-0.05, 0) is 50.8 Å². The van der Waals surface area contributed by atoms with Gasteiger partial charge in [-0.15, -0.1) is 0 Å². The fraction of sp³-hybridized carbons (Fsp3) is 0.348. The molecule has 0 aliphatic heterocycles. The van der Waals surface area contributed by atoms with Crippen LogP contribution in [0, 0.1) is 0 Å². The lowest BCUT2D eigenvalue weighted by Crippen LogP contribution is -2.28. The molecule has 0 unspecified atom stereocenters. The summed E-state index contributed by atoms with van der Waals surface area (Å²) < 4.78 is 3.36. The van der Waals surface area contributed by atoms with Crippen LogP contribution in [0.25, 0.3) is 11.0 Å². The van der Waals surface area contributed by atoms with Gasteiger partial charge in [-0.25, -0.2) is 4.79 Å². The first-order chi connectivity index (χ1) is 14.9. The number of benzene rings is 2. The SMILES string of the molecule is CCn1c(=O)n(CCC(=O)NCc2cccc(NC(=O)CN(C)C)c2)c2ccccc21. The molecule has 164 valence electrons. The number of carbonyl (C=O) groups excluding carboxylic acids is 2. The van der Waals surface area contributed by atoms with E-state index >= 15 is 0 Å². The number of rotatable bonds is 9. The molecule has 0 atom stereocenters. The van der Waals surface area contributed by atoms with Crippen LogP contribution in [0.15, 0.2) is 53.3 Å². The summed E-state index contributed by atoms with van der Waals surface area (Å²) >= 11 is 0. The lowest BCUT2D eigenvalue weighted by atomic mass is 10.2.